The molecule has 25 heavy (non-hydrogen) atoms. The van der Waals surface area contributed by atoms with Crippen LogP contribution in [0.15, 0.2) is 12.1 Å². The normalized spacial score (nSPS) is 12.8. The highest BCUT2D eigenvalue weighted by atomic mass is 16.3. The Morgan fingerprint density at radius 3 is 2.16 bits per heavy atom. The Bertz CT molecular complexity index is 948. The standard InChI is InChI=1S/C20H25N3O2/c1-10-7-11(2)17(12(3)8-10)18-15(6)22-23-19(18)21-14(5)16(20(23)25)9-13(4)24/h7-8,13,24-25H,9H2,1-6H3. The molecule has 0 fully saturated rings. The fourth-order valence-corrected chi connectivity index (χ4v) is 3.68. The summed E-state index contributed by atoms with van der Waals surface area (Å²) in [6.07, 6.45) is -0.209. The van der Waals surface area contributed by atoms with Crippen LogP contribution < -0.4 is 0 Å². The lowest BCUT2D eigenvalue weighted by Gasteiger charge is -2.13. The van der Waals surface area contributed by atoms with Gasteiger partial charge in [0.25, 0.3) is 0 Å². The van der Waals surface area contributed by atoms with Gasteiger partial charge in [0.2, 0.25) is 5.88 Å². The third-order valence-electron chi connectivity index (χ3n) is 4.64. The summed E-state index contributed by atoms with van der Waals surface area (Å²) in [7, 11) is 0. The molecule has 0 saturated heterocycles. The Kier molecular flexibility index (Phi) is 4.29. The van der Waals surface area contributed by atoms with E-state index >= 15 is 0 Å². The van der Waals surface area contributed by atoms with E-state index in [0.717, 1.165) is 22.5 Å². The van der Waals surface area contributed by atoms with Gasteiger partial charge >= 0.3 is 0 Å². The second kappa shape index (κ2) is 6.15. The lowest BCUT2D eigenvalue weighted by molar-refractivity contribution is 0.193. The number of benzene rings is 1. The topological polar surface area (TPSA) is 70.7 Å². The minimum Gasteiger partial charge on any atom is -0.493 e. The van der Waals surface area contributed by atoms with Crippen molar-refractivity contribution >= 4 is 5.65 Å². The van der Waals surface area contributed by atoms with E-state index in [2.05, 4.69) is 38.0 Å². The lowest BCUT2D eigenvalue weighted by Crippen LogP contribution is -2.09. The fraction of sp³-hybridized carbons (Fsp3) is 0.400. The zero-order chi connectivity index (χ0) is 18.5. The van der Waals surface area contributed by atoms with E-state index < -0.39 is 6.10 Å². The van der Waals surface area contributed by atoms with Gasteiger partial charge in [0.1, 0.15) is 0 Å². The average Bonchev–Trinajstić information content (AvgIpc) is 2.80. The van der Waals surface area contributed by atoms with Crippen LogP contribution in [0.25, 0.3) is 16.8 Å². The summed E-state index contributed by atoms with van der Waals surface area (Å²) >= 11 is 0. The lowest BCUT2D eigenvalue weighted by atomic mass is 9.94. The van der Waals surface area contributed by atoms with Crippen LogP contribution in [0.1, 0.15) is 40.6 Å². The third-order valence-corrected chi connectivity index (χ3v) is 4.64. The summed E-state index contributed by atoms with van der Waals surface area (Å²) in [4.78, 5) is 4.72. The molecule has 0 bridgehead atoms. The van der Waals surface area contributed by atoms with Crippen molar-refractivity contribution < 1.29 is 10.2 Å². The van der Waals surface area contributed by atoms with Crippen LogP contribution in [0, 0.1) is 34.6 Å². The molecule has 1 unspecified atom stereocenters. The predicted molar refractivity (Wildman–Crippen MR) is 99.2 cm³/mol. The molecule has 5 heteroatoms. The molecule has 2 aromatic heterocycles. The van der Waals surface area contributed by atoms with Gasteiger partial charge in [-0.25, -0.2) is 4.98 Å². The second-order valence-electron chi connectivity index (χ2n) is 7.02. The van der Waals surface area contributed by atoms with Gasteiger partial charge in [0.15, 0.2) is 5.65 Å². The van der Waals surface area contributed by atoms with Crippen LogP contribution in [0.5, 0.6) is 5.88 Å². The van der Waals surface area contributed by atoms with Gasteiger partial charge in [-0.3, -0.25) is 0 Å². The van der Waals surface area contributed by atoms with Crippen molar-refractivity contribution in [1.82, 2.24) is 14.6 Å². The molecule has 0 saturated carbocycles. The van der Waals surface area contributed by atoms with E-state index in [-0.39, 0.29) is 5.88 Å². The van der Waals surface area contributed by atoms with Gasteiger partial charge in [0, 0.05) is 17.7 Å². The zero-order valence-electron chi connectivity index (χ0n) is 15.7. The van der Waals surface area contributed by atoms with Gasteiger partial charge in [0.05, 0.1) is 17.4 Å². The number of aromatic hydroxyl groups is 1. The largest absolute Gasteiger partial charge is 0.493 e. The Morgan fingerprint density at radius 1 is 1.00 bits per heavy atom. The maximum absolute atomic E-state index is 10.7. The number of hydrogen-bond acceptors (Lipinski definition) is 4. The Hall–Kier alpha value is -2.40. The second-order valence-corrected chi connectivity index (χ2v) is 7.02. The van der Waals surface area contributed by atoms with Crippen LogP contribution in [-0.2, 0) is 6.42 Å². The summed E-state index contributed by atoms with van der Waals surface area (Å²) in [5.74, 6) is 0.0557. The Balaban J connectivity index is 2.34. The summed E-state index contributed by atoms with van der Waals surface area (Å²) in [6.45, 7) is 11.8. The first-order valence-corrected chi connectivity index (χ1v) is 8.54. The maximum atomic E-state index is 10.7. The average molecular weight is 339 g/mol. The van der Waals surface area contributed by atoms with Crippen LogP contribution in [0.3, 0.4) is 0 Å². The number of nitrogens with zero attached hydrogens (tertiary/aromatic N) is 3. The van der Waals surface area contributed by atoms with E-state index in [1.807, 2.05) is 13.8 Å². The van der Waals surface area contributed by atoms with E-state index in [9.17, 15) is 10.2 Å². The number of aliphatic hydroxyl groups is 1. The van der Waals surface area contributed by atoms with Crippen molar-refractivity contribution in [3.8, 4) is 17.0 Å². The molecule has 1 aromatic carbocycles. The predicted octanol–water partition coefficient (Wildman–Crippen LogP) is 3.57. The Morgan fingerprint density at radius 2 is 1.60 bits per heavy atom. The van der Waals surface area contributed by atoms with Gasteiger partial charge in [-0.05, 0) is 58.2 Å². The molecule has 0 amide bonds. The smallest absolute Gasteiger partial charge is 0.219 e. The quantitative estimate of drug-likeness (QED) is 0.765. The molecule has 2 heterocycles. The van der Waals surface area contributed by atoms with Crippen LogP contribution in [0.4, 0.5) is 0 Å². The highest BCUT2D eigenvalue weighted by Gasteiger charge is 2.22. The number of rotatable bonds is 3. The minimum absolute atomic E-state index is 0.0557. The summed E-state index contributed by atoms with van der Waals surface area (Å²) in [6, 6.07) is 4.31. The third kappa shape index (κ3) is 2.89. The van der Waals surface area contributed by atoms with Gasteiger partial charge in [-0.2, -0.15) is 9.61 Å². The van der Waals surface area contributed by atoms with E-state index in [1.165, 1.54) is 21.2 Å². The number of aliphatic hydroxyl groups excluding tert-OH is 1. The van der Waals surface area contributed by atoms with Crippen molar-refractivity contribution in [2.75, 3.05) is 0 Å². The monoisotopic (exact) mass is 339 g/mol. The van der Waals surface area contributed by atoms with Gasteiger partial charge in [-0.1, -0.05) is 17.7 Å². The van der Waals surface area contributed by atoms with Crippen molar-refractivity contribution in [1.29, 1.82) is 0 Å². The van der Waals surface area contributed by atoms with Crippen LogP contribution in [-0.4, -0.2) is 30.9 Å². The fourth-order valence-electron chi connectivity index (χ4n) is 3.68. The van der Waals surface area contributed by atoms with Crippen LogP contribution >= 0.6 is 0 Å². The van der Waals surface area contributed by atoms with Crippen molar-refractivity contribution in [2.24, 2.45) is 0 Å². The van der Waals surface area contributed by atoms with Crippen molar-refractivity contribution in [3.63, 3.8) is 0 Å². The first kappa shape index (κ1) is 17.4. The number of hydrogen-bond donors (Lipinski definition) is 2. The molecule has 0 aliphatic carbocycles. The summed E-state index contributed by atoms with van der Waals surface area (Å²) in [5.41, 5.74) is 8.46. The first-order valence-electron chi connectivity index (χ1n) is 8.54. The number of aryl methyl sites for hydroxylation is 5. The first-order chi connectivity index (χ1) is 11.7. The van der Waals surface area contributed by atoms with Gasteiger partial charge in [-0.15, -0.1) is 0 Å². The maximum Gasteiger partial charge on any atom is 0.219 e. The molecule has 132 valence electrons. The van der Waals surface area contributed by atoms with E-state index in [0.29, 0.717) is 17.6 Å². The summed E-state index contributed by atoms with van der Waals surface area (Å²) in [5, 5.41) is 24.9. The molecule has 0 aliphatic heterocycles. The molecule has 3 rings (SSSR count). The Labute approximate surface area is 148 Å². The molecule has 1 atom stereocenters. The molecule has 5 nitrogen and oxygen atoms in total. The van der Waals surface area contributed by atoms with E-state index in [4.69, 9.17) is 4.98 Å². The number of aromatic nitrogens is 3. The highest BCUT2D eigenvalue weighted by molar-refractivity contribution is 5.84. The zero-order valence-corrected chi connectivity index (χ0v) is 15.7. The molecular formula is C20H25N3O2. The molecule has 2 N–H and O–H groups in total. The molecular weight excluding hydrogens is 314 g/mol. The van der Waals surface area contributed by atoms with Crippen LogP contribution in [0.2, 0.25) is 0 Å². The van der Waals surface area contributed by atoms with E-state index in [1.54, 1.807) is 6.92 Å². The minimum atomic E-state index is -0.554. The number of fused-ring (bicyclic) bond motifs is 1. The summed E-state index contributed by atoms with van der Waals surface area (Å²) < 4.78 is 1.49. The molecule has 0 radical (unpaired) electrons. The van der Waals surface area contributed by atoms with Crippen molar-refractivity contribution in [2.45, 2.75) is 54.1 Å². The van der Waals surface area contributed by atoms with Crippen molar-refractivity contribution in [3.05, 3.63) is 45.8 Å². The molecule has 0 spiro atoms. The molecule has 3 aromatic rings. The SMILES string of the molecule is Cc1cc(C)c(-c2c(C)nn3c(O)c(CC(C)O)c(C)nc23)c(C)c1. The highest BCUT2D eigenvalue weighted by Crippen LogP contribution is 2.36. The molecule has 0 aliphatic rings. The van der Waals surface area contributed by atoms with Gasteiger partial charge < -0.3 is 10.2 Å².